The van der Waals surface area contributed by atoms with Crippen molar-refractivity contribution in [2.24, 2.45) is 44.6 Å². The highest BCUT2D eigenvalue weighted by Crippen LogP contribution is 2.39. The van der Waals surface area contributed by atoms with Crippen LogP contribution in [0.1, 0.15) is 73.1 Å². The summed E-state index contributed by atoms with van der Waals surface area (Å²) in [6.07, 6.45) is 2.54. The first-order valence-corrected chi connectivity index (χ1v) is 26.5. The van der Waals surface area contributed by atoms with E-state index in [-0.39, 0.29) is 86.8 Å². The van der Waals surface area contributed by atoms with E-state index in [1.54, 1.807) is 13.8 Å². The van der Waals surface area contributed by atoms with Gasteiger partial charge in [-0.25, -0.2) is 0 Å². The summed E-state index contributed by atoms with van der Waals surface area (Å²) in [6, 6.07) is -8.40. The van der Waals surface area contributed by atoms with E-state index in [9.17, 15) is 43.2 Å². The van der Waals surface area contributed by atoms with Gasteiger partial charge in [-0.2, -0.15) is 11.8 Å². The summed E-state index contributed by atoms with van der Waals surface area (Å²) in [5.41, 5.74) is 27.6. The highest BCUT2D eigenvalue weighted by molar-refractivity contribution is 8.77. The minimum Gasteiger partial charge on any atom is -0.370 e. The Morgan fingerprint density at radius 1 is 0.776 bits per heavy atom. The number of amides is 9. The molecule has 9 amide bonds. The molecule has 2 saturated heterocycles. The van der Waals surface area contributed by atoms with Crippen LogP contribution in [0.3, 0.4) is 0 Å². The summed E-state index contributed by atoms with van der Waals surface area (Å²) >= 11 is 2.73. The molecule has 0 aromatic rings. The Kier molecular flexibility index (Phi) is 25.4. The molecule has 0 aromatic carbocycles. The van der Waals surface area contributed by atoms with Crippen LogP contribution in [-0.2, 0) is 43.2 Å². The van der Waals surface area contributed by atoms with E-state index in [2.05, 4.69) is 47.2 Å². The molecule has 0 bridgehead atoms. The van der Waals surface area contributed by atoms with Gasteiger partial charge in [0.25, 0.3) is 0 Å². The second-order valence-corrected chi connectivity index (χ2v) is 21.7. The molecule has 2 fully saturated rings. The van der Waals surface area contributed by atoms with Crippen molar-refractivity contribution < 1.29 is 43.2 Å². The summed E-state index contributed by atoms with van der Waals surface area (Å²) in [6.45, 7) is 7.78. The lowest BCUT2D eigenvalue weighted by Crippen LogP contribution is -2.61. The number of fused-ring (bicyclic) bond motifs is 1. The number of primary amides is 1. The van der Waals surface area contributed by atoms with E-state index < -0.39 is 107 Å². The molecule has 2 heterocycles. The topological polar surface area (TPSA) is 396 Å². The molecule has 2 aliphatic heterocycles. The Bertz CT molecular complexity index is 1820. The molecular formula is C39H69N15O9S4. The monoisotopic (exact) mass is 1020 g/mol. The van der Waals surface area contributed by atoms with E-state index >= 15 is 0 Å². The van der Waals surface area contributed by atoms with Gasteiger partial charge < -0.3 is 70.8 Å². The molecule has 0 spiro atoms. The number of hydrogen-bond acceptors (Lipinski definition) is 15. The standard InChI is InChI=1S/C39H69N15O9S4/c1-20(2)15-25-33(60)50-22(9-7-12-45-37(41)42)31(58)47-16-28(56)49-26(30(40)57)17-66-67-39(4,5)29(48-21(3)55)35(62)52-24(11-14-64-6)36(63)54-19-65-18-27(54)34(61)51-23(32(59)53-25)10-8-13-46-38(43)44/h20,22-27,29H,7-19H2,1-6H3,(H2,40,57)(H,47,58)(H,48,55)(H,49,56)(H,50,60)(H,51,61)(H,52,62)(H,53,59)(H4,41,42,45)(H4,43,44,46)/t22-,23-,24-,25-,26-,27-,29+/m0/s1. The molecule has 378 valence electrons. The second-order valence-electron chi connectivity index (χ2n) is 16.7. The van der Waals surface area contributed by atoms with E-state index in [1.807, 2.05) is 20.1 Å². The van der Waals surface area contributed by atoms with Gasteiger partial charge in [-0.1, -0.05) is 35.4 Å². The van der Waals surface area contributed by atoms with Gasteiger partial charge in [0.15, 0.2) is 11.9 Å². The van der Waals surface area contributed by atoms with Crippen molar-refractivity contribution in [2.45, 2.75) is 120 Å². The molecule has 24 nitrogen and oxygen atoms in total. The van der Waals surface area contributed by atoms with E-state index in [1.165, 1.54) is 35.3 Å². The zero-order valence-corrected chi connectivity index (χ0v) is 42.1. The lowest BCUT2D eigenvalue weighted by molar-refractivity contribution is -0.142. The van der Waals surface area contributed by atoms with Gasteiger partial charge in [-0.05, 0) is 70.3 Å². The van der Waals surface area contributed by atoms with Crippen LogP contribution in [0.15, 0.2) is 9.98 Å². The van der Waals surface area contributed by atoms with E-state index in [0.717, 1.165) is 21.6 Å². The first kappa shape index (κ1) is 58.3. The van der Waals surface area contributed by atoms with Gasteiger partial charge in [-0.15, -0.1) is 11.8 Å². The zero-order chi connectivity index (χ0) is 50.4. The summed E-state index contributed by atoms with van der Waals surface area (Å²) in [5.74, 6) is -6.32. The van der Waals surface area contributed by atoms with E-state index in [4.69, 9.17) is 28.7 Å². The van der Waals surface area contributed by atoms with Crippen LogP contribution in [0, 0.1) is 5.92 Å². The van der Waals surface area contributed by atoms with Gasteiger partial charge >= 0.3 is 0 Å². The average Bonchev–Trinajstić information content (AvgIpc) is 3.74. The fourth-order valence-electron chi connectivity index (χ4n) is 6.68. The maximum absolute atomic E-state index is 14.4. The number of thioether (sulfide) groups is 2. The van der Waals surface area contributed by atoms with Crippen LogP contribution in [0.5, 0.6) is 0 Å². The van der Waals surface area contributed by atoms with Gasteiger partial charge in [-0.3, -0.25) is 53.1 Å². The number of hydrogen-bond donors (Lipinski definition) is 12. The number of nitrogens with zero attached hydrogens (tertiary/aromatic N) is 3. The predicted octanol–water partition coefficient (Wildman–Crippen LogP) is -3.50. The number of aliphatic imine (C=N–C) groups is 2. The van der Waals surface area contributed by atoms with Gasteiger partial charge in [0.2, 0.25) is 53.2 Å². The lowest BCUT2D eigenvalue weighted by atomic mass is 10.0. The molecule has 67 heavy (non-hydrogen) atoms. The van der Waals surface area contributed by atoms with Crippen molar-refractivity contribution in [2.75, 3.05) is 49.0 Å². The van der Waals surface area contributed by atoms with Crippen LogP contribution in [0.4, 0.5) is 0 Å². The average molecular weight is 1020 g/mol. The maximum Gasteiger partial charge on any atom is 0.246 e. The van der Waals surface area contributed by atoms with Crippen molar-refractivity contribution in [3.05, 3.63) is 0 Å². The second kappa shape index (κ2) is 29.1. The molecule has 7 atom stereocenters. The van der Waals surface area contributed by atoms with Crippen LogP contribution < -0.4 is 65.9 Å². The number of nitrogens with two attached hydrogens (primary N) is 5. The fraction of sp³-hybridized carbons (Fsp3) is 0.718. The van der Waals surface area contributed by atoms with Crippen LogP contribution >= 0.6 is 45.1 Å². The molecule has 0 unspecified atom stereocenters. The molecule has 0 radical (unpaired) electrons. The highest BCUT2D eigenvalue weighted by atomic mass is 33.1. The number of rotatable bonds is 15. The first-order chi connectivity index (χ1) is 31.5. The number of nitrogens with one attached hydrogen (secondary N) is 7. The summed E-state index contributed by atoms with van der Waals surface area (Å²) < 4.78 is -1.10. The molecule has 0 aromatic heterocycles. The van der Waals surface area contributed by atoms with Crippen LogP contribution in [0.2, 0.25) is 0 Å². The molecule has 17 N–H and O–H groups in total. The molecule has 0 saturated carbocycles. The van der Waals surface area contributed by atoms with Crippen LogP contribution in [0.25, 0.3) is 0 Å². The quantitative estimate of drug-likeness (QED) is 0.0328. The number of carbonyl (C=O) groups excluding carboxylic acids is 9. The lowest BCUT2D eigenvalue weighted by Gasteiger charge is -2.35. The Balaban J connectivity index is 2.68. The third-order valence-corrected chi connectivity index (χ3v) is 15.1. The summed E-state index contributed by atoms with van der Waals surface area (Å²) in [7, 11) is 2.20. The van der Waals surface area contributed by atoms with Gasteiger partial charge in [0.1, 0.15) is 42.3 Å². The Hall–Kier alpha value is -4.83. The third kappa shape index (κ3) is 20.9. The maximum atomic E-state index is 14.4. The summed E-state index contributed by atoms with van der Waals surface area (Å²) in [4.78, 5) is 132. The zero-order valence-electron chi connectivity index (χ0n) is 38.8. The molecule has 0 aliphatic carbocycles. The minimum absolute atomic E-state index is 0.000384. The molecular weight excluding hydrogens is 951 g/mol. The number of carbonyl (C=O) groups is 9. The van der Waals surface area contributed by atoms with E-state index in [0.29, 0.717) is 5.75 Å². The van der Waals surface area contributed by atoms with Crippen molar-refractivity contribution in [3.63, 3.8) is 0 Å². The van der Waals surface area contributed by atoms with Crippen molar-refractivity contribution in [3.8, 4) is 0 Å². The van der Waals surface area contributed by atoms with Crippen molar-refractivity contribution in [1.29, 1.82) is 0 Å². The molecule has 2 rings (SSSR count). The van der Waals surface area contributed by atoms with Gasteiger partial charge in [0.05, 0.1) is 12.4 Å². The molecule has 28 heteroatoms. The van der Waals surface area contributed by atoms with Gasteiger partial charge in [0, 0.05) is 36.3 Å². The summed E-state index contributed by atoms with van der Waals surface area (Å²) in [5, 5.41) is 18.6. The minimum atomic E-state index is -1.26. The Morgan fingerprint density at radius 2 is 1.33 bits per heavy atom. The largest absolute Gasteiger partial charge is 0.370 e. The normalized spacial score (nSPS) is 25.3. The van der Waals surface area contributed by atoms with Crippen molar-refractivity contribution >= 4 is 110 Å². The SMILES string of the molecule is CSCC[C@@H]1NC(=O)[C@@H](NC(C)=O)C(C)(C)SSC[C@@H](C(N)=O)NC(=O)CNC(=O)[C@H](CCCN=C(N)N)NC(=O)[C@H](CC(C)C)NC(=O)[C@H](CCCN=C(N)N)NC(=O)[C@@H]2CSCN2C1=O. The molecule has 2 aliphatic rings. The third-order valence-electron chi connectivity index (χ3n) is 10.1. The Morgan fingerprint density at radius 3 is 1.88 bits per heavy atom. The fourth-order valence-corrected chi connectivity index (χ4v) is 11.1. The van der Waals surface area contributed by atoms with Crippen LogP contribution in [-0.4, -0.2) is 166 Å². The van der Waals surface area contributed by atoms with Crippen molar-refractivity contribution in [1.82, 2.24) is 42.1 Å². The number of guanidine groups is 2. The first-order valence-electron chi connectivity index (χ1n) is 21.6. The smallest absolute Gasteiger partial charge is 0.246 e. The Labute approximate surface area is 407 Å². The predicted molar refractivity (Wildman–Crippen MR) is 264 cm³/mol. The highest BCUT2D eigenvalue weighted by Gasteiger charge is 2.43.